The molecule has 0 radical (unpaired) electrons. The van der Waals surface area contributed by atoms with Crippen LogP contribution in [0.4, 0.5) is 27.8 Å². The predicted molar refractivity (Wildman–Crippen MR) is 141 cm³/mol. The second-order valence-electron chi connectivity index (χ2n) is 11.8. The van der Waals surface area contributed by atoms with Crippen molar-refractivity contribution in [1.82, 2.24) is 30.2 Å². The second-order valence-corrected chi connectivity index (χ2v) is 11.8. The van der Waals surface area contributed by atoms with E-state index in [1.807, 2.05) is 4.90 Å². The minimum absolute atomic E-state index is 0.0874. The highest BCUT2D eigenvalue weighted by Gasteiger charge is 2.49. The molecule has 0 amide bonds. The maximum Gasteiger partial charge on any atom is 0.418 e. The largest absolute Gasteiger partial charge is 0.461 e. The summed E-state index contributed by atoms with van der Waals surface area (Å²) in [6.45, 7) is 3.84. The Kier molecular flexibility index (Phi) is 6.31. The molecule has 7 heterocycles. The normalized spacial score (nSPS) is 28.0. The number of aromatic nitrogens is 4. The maximum absolute atomic E-state index is 16.2. The van der Waals surface area contributed by atoms with Gasteiger partial charge < -0.3 is 15.0 Å². The lowest BCUT2D eigenvalue weighted by atomic mass is 9.95. The van der Waals surface area contributed by atoms with Gasteiger partial charge in [0.1, 0.15) is 35.5 Å². The van der Waals surface area contributed by atoms with E-state index in [4.69, 9.17) is 4.74 Å². The lowest BCUT2D eigenvalue weighted by molar-refractivity contribution is -0.137. The third-order valence-corrected chi connectivity index (χ3v) is 9.06. The number of hydrogen-bond acceptors (Lipinski definition) is 8. The van der Waals surface area contributed by atoms with E-state index in [1.165, 1.54) is 25.4 Å². The number of ether oxygens (including phenoxy) is 1. The number of pyridine rings is 2. The van der Waals surface area contributed by atoms with Crippen LogP contribution in [0.2, 0.25) is 0 Å². The molecular formula is C28H30F5N7O. The van der Waals surface area contributed by atoms with Crippen molar-refractivity contribution in [3.05, 3.63) is 35.4 Å². The number of aryl methyl sites for hydroxylation is 1. The number of rotatable bonds is 5. The molecule has 41 heavy (non-hydrogen) atoms. The van der Waals surface area contributed by atoms with Crippen molar-refractivity contribution in [3.8, 4) is 17.4 Å². The zero-order valence-electron chi connectivity index (χ0n) is 22.5. The molecule has 0 unspecified atom stereocenters. The van der Waals surface area contributed by atoms with Crippen molar-refractivity contribution in [2.75, 3.05) is 37.7 Å². The number of halogens is 5. The first-order valence-corrected chi connectivity index (χ1v) is 14.0. The van der Waals surface area contributed by atoms with E-state index in [0.29, 0.717) is 31.9 Å². The van der Waals surface area contributed by atoms with Gasteiger partial charge in [-0.05, 0) is 50.8 Å². The van der Waals surface area contributed by atoms with Crippen LogP contribution in [0.3, 0.4) is 0 Å². The number of fused-ring (bicyclic) bond motifs is 4. The summed E-state index contributed by atoms with van der Waals surface area (Å²) >= 11 is 0. The summed E-state index contributed by atoms with van der Waals surface area (Å²) in [6, 6.07) is 1.63. The van der Waals surface area contributed by atoms with Crippen LogP contribution in [0.5, 0.6) is 6.01 Å². The lowest BCUT2D eigenvalue weighted by Gasteiger charge is -2.34. The Morgan fingerprint density at radius 3 is 2.63 bits per heavy atom. The number of nitrogens with one attached hydrogen (secondary N) is 1. The van der Waals surface area contributed by atoms with E-state index in [-0.39, 0.29) is 41.2 Å². The van der Waals surface area contributed by atoms with Crippen molar-refractivity contribution in [1.29, 1.82) is 0 Å². The summed E-state index contributed by atoms with van der Waals surface area (Å²) in [5.41, 5.74) is -2.93. The molecule has 4 saturated heterocycles. The zero-order valence-corrected chi connectivity index (χ0v) is 22.5. The van der Waals surface area contributed by atoms with Gasteiger partial charge in [-0.15, -0.1) is 0 Å². The third-order valence-electron chi connectivity index (χ3n) is 9.06. The summed E-state index contributed by atoms with van der Waals surface area (Å²) in [4.78, 5) is 21.2. The summed E-state index contributed by atoms with van der Waals surface area (Å²) in [5, 5.41) is 3.83. The molecule has 2 bridgehead atoms. The molecule has 1 N–H and O–H groups in total. The van der Waals surface area contributed by atoms with Crippen LogP contribution >= 0.6 is 0 Å². The highest BCUT2D eigenvalue weighted by atomic mass is 19.4. The van der Waals surface area contributed by atoms with E-state index in [0.717, 1.165) is 32.2 Å². The van der Waals surface area contributed by atoms with Gasteiger partial charge in [0, 0.05) is 50.5 Å². The third kappa shape index (κ3) is 4.57. The Hall–Kier alpha value is -3.19. The molecule has 0 aliphatic carbocycles. The second kappa shape index (κ2) is 9.69. The molecule has 4 atom stereocenters. The van der Waals surface area contributed by atoms with Gasteiger partial charge in [-0.1, -0.05) is 0 Å². The lowest BCUT2D eigenvalue weighted by Crippen LogP contribution is -2.51. The van der Waals surface area contributed by atoms with Gasteiger partial charge in [-0.2, -0.15) is 23.1 Å². The molecular weight excluding hydrogens is 545 g/mol. The first-order chi connectivity index (χ1) is 19.6. The average molecular weight is 576 g/mol. The van der Waals surface area contributed by atoms with Gasteiger partial charge in [0.25, 0.3) is 0 Å². The number of alkyl halides is 4. The minimum atomic E-state index is -4.76. The molecule has 0 saturated carbocycles. The smallest absolute Gasteiger partial charge is 0.418 e. The molecule has 4 fully saturated rings. The zero-order chi connectivity index (χ0) is 28.5. The average Bonchev–Trinajstić information content (AvgIpc) is 3.57. The molecule has 8 nitrogen and oxygen atoms in total. The summed E-state index contributed by atoms with van der Waals surface area (Å²) < 4.78 is 78.7. The Bertz CT molecular complexity index is 1490. The van der Waals surface area contributed by atoms with Crippen molar-refractivity contribution >= 4 is 16.7 Å². The van der Waals surface area contributed by atoms with E-state index < -0.39 is 40.7 Å². The molecule has 0 aromatic carbocycles. The van der Waals surface area contributed by atoms with E-state index in [1.54, 1.807) is 0 Å². The molecule has 7 rings (SSSR count). The van der Waals surface area contributed by atoms with Crippen molar-refractivity contribution in [2.45, 2.75) is 69.0 Å². The van der Waals surface area contributed by atoms with Gasteiger partial charge in [0.15, 0.2) is 5.82 Å². The van der Waals surface area contributed by atoms with E-state index >= 15 is 4.39 Å². The molecule has 4 aliphatic rings. The first kappa shape index (κ1) is 26.7. The van der Waals surface area contributed by atoms with Crippen LogP contribution in [0.15, 0.2) is 18.5 Å². The minimum Gasteiger partial charge on any atom is -0.461 e. The molecule has 13 heteroatoms. The quantitative estimate of drug-likeness (QED) is 0.448. The summed E-state index contributed by atoms with van der Waals surface area (Å²) in [6.07, 6.45) is 0.879. The van der Waals surface area contributed by atoms with Crippen molar-refractivity contribution < 1.29 is 26.7 Å². The summed E-state index contributed by atoms with van der Waals surface area (Å²) in [7, 11) is 0. The fourth-order valence-electron chi connectivity index (χ4n) is 7.21. The Morgan fingerprint density at radius 2 is 1.88 bits per heavy atom. The van der Waals surface area contributed by atoms with Crippen molar-refractivity contribution in [2.24, 2.45) is 0 Å². The van der Waals surface area contributed by atoms with E-state index in [2.05, 4.69) is 30.2 Å². The van der Waals surface area contributed by atoms with Crippen LogP contribution in [-0.4, -0.2) is 81.4 Å². The fraction of sp³-hybridized carbons (Fsp3) is 0.571. The number of piperazine rings is 1. The Labute approximate surface area is 233 Å². The highest BCUT2D eigenvalue weighted by Crippen LogP contribution is 2.42. The van der Waals surface area contributed by atoms with Crippen LogP contribution in [0.25, 0.3) is 22.3 Å². The van der Waals surface area contributed by atoms with Gasteiger partial charge in [-0.25, -0.2) is 8.78 Å². The van der Waals surface area contributed by atoms with E-state index in [9.17, 15) is 17.6 Å². The maximum atomic E-state index is 16.2. The van der Waals surface area contributed by atoms with Gasteiger partial charge >= 0.3 is 12.2 Å². The Morgan fingerprint density at radius 1 is 1.10 bits per heavy atom. The number of anilines is 1. The number of hydrogen-bond donors (Lipinski definition) is 1. The van der Waals surface area contributed by atoms with Gasteiger partial charge in [0.2, 0.25) is 0 Å². The fourth-order valence-corrected chi connectivity index (χ4v) is 7.21. The standard InChI is InChI=1S/C28H30F5N7O/c1-15-5-7-34-23(20(15)28(31,32)33)24-21(30)22-19(10-35-24)25(39-12-17-3-4-18(13-39)36-17)38-26(37-22)41-14-27-6-2-8-40(27)11-16(29)9-27/h5,7,10,16-18,36H,2-4,6,8-9,11-14H2,1H3/t16-,17-,18+,27+/m1/s1. The van der Waals surface area contributed by atoms with Gasteiger partial charge in [0.05, 0.1) is 16.5 Å². The monoisotopic (exact) mass is 575 g/mol. The predicted octanol–water partition coefficient (Wildman–Crippen LogP) is 4.45. The molecule has 0 spiro atoms. The van der Waals surface area contributed by atoms with Crippen LogP contribution in [0, 0.1) is 12.7 Å². The molecule has 3 aromatic heterocycles. The molecule has 3 aromatic rings. The van der Waals surface area contributed by atoms with Crippen LogP contribution in [0.1, 0.15) is 43.2 Å². The van der Waals surface area contributed by atoms with Crippen LogP contribution in [-0.2, 0) is 6.18 Å². The highest BCUT2D eigenvalue weighted by molar-refractivity contribution is 5.92. The SMILES string of the molecule is Cc1ccnc(-c2ncc3c(N4C[C@H]5CC[C@@H](C4)N5)nc(OC[C@@]45CCCN4C[C@H](F)C5)nc3c2F)c1C(F)(F)F. The number of nitrogens with zero attached hydrogens (tertiary/aromatic N) is 6. The van der Waals surface area contributed by atoms with Crippen LogP contribution < -0.4 is 15.0 Å². The molecule has 4 aliphatic heterocycles. The van der Waals surface area contributed by atoms with Crippen molar-refractivity contribution in [3.63, 3.8) is 0 Å². The molecule has 218 valence electrons. The summed E-state index contributed by atoms with van der Waals surface area (Å²) in [5.74, 6) is -0.604. The first-order valence-electron chi connectivity index (χ1n) is 14.0. The van der Waals surface area contributed by atoms with Gasteiger partial charge in [-0.3, -0.25) is 14.9 Å². The topological polar surface area (TPSA) is 79.3 Å². The Balaban J connectivity index is 1.33.